The van der Waals surface area contributed by atoms with Gasteiger partial charge in [0.2, 0.25) is 0 Å². The number of halogens is 1. The van der Waals surface area contributed by atoms with E-state index in [-0.39, 0.29) is 5.41 Å². The molecule has 0 bridgehead atoms. The second-order valence-electron chi connectivity index (χ2n) is 4.53. The number of rotatable bonds is 4. The summed E-state index contributed by atoms with van der Waals surface area (Å²) in [5, 5.41) is 0. The quantitative estimate of drug-likeness (QED) is 0.930. The van der Waals surface area contributed by atoms with Crippen LogP contribution in [0.15, 0.2) is 16.6 Å². The molecule has 2 rings (SSSR count). The Morgan fingerprint density at radius 2 is 1.88 bits per heavy atom. The Labute approximate surface area is 110 Å². The average Bonchev–Trinajstić information content (AvgIpc) is 2.29. The summed E-state index contributed by atoms with van der Waals surface area (Å²) >= 11 is 3.52. The maximum absolute atomic E-state index is 5.94. The summed E-state index contributed by atoms with van der Waals surface area (Å²) in [6.45, 7) is 0.669. The summed E-state index contributed by atoms with van der Waals surface area (Å²) in [5.74, 6) is 1.66. The molecule has 0 atom stereocenters. The third-order valence-electron chi connectivity index (χ3n) is 3.75. The molecule has 0 radical (unpaired) electrons. The van der Waals surface area contributed by atoms with E-state index in [1.54, 1.807) is 14.2 Å². The smallest absolute Gasteiger partial charge is 0.136 e. The molecule has 3 nitrogen and oxygen atoms in total. The second-order valence-corrected chi connectivity index (χ2v) is 5.38. The molecular weight excluding hydrogens is 282 g/mol. The molecule has 1 aromatic rings. The van der Waals surface area contributed by atoms with Crippen molar-refractivity contribution in [3.63, 3.8) is 0 Å². The first-order chi connectivity index (χ1) is 8.16. The molecule has 0 spiro atoms. The van der Waals surface area contributed by atoms with E-state index in [0.717, 1.165) is 28.8 Å². The van der Waals surface area contributed by atoms with Crippen molar-refractivity contribution in [2.24, 2.45) is 5.73 Å². The van der Waals surface area contributed by atoms with E-state index < -0.39 is 0 Å². The van der Waals surface area contributed by atoms with Gasteiger partial charge in [0.15, 0.2) is 0 Å². The molecule has 2 N–H and O–H groups in total. The Bertz CT molecular complexity index is 411. The second kappa shape index (κ2) is 4.86. The highest BCUT2D eigenvalue weighted by molar-refractivity contribution is 9.10. The van der Waals surface area contributed by atoms with E-state index >= 15 is 0 Å². The van der Waals surface area contributed by atoms with E-state index in [0.29, 0.717) is 6.54 Å². The lowest BCUT2D eigenvalue weighted by molar-refractivity contribution is 0.243. The molecule has 0 saturated heterocycles. The molecule has 17 heavy (non-hydrogen) atoms. The predicted molar refractivity (Wildman–Crippen MR) is 71.8 cm³/mol. The van der Waals surface area contributed by atoms with Gasteiger partial charge < -0.3 is 15.2 Å². The Balaban J connectivity index is 2.49. The Kier molecular flexibility index (Phi) is 3.64. The van der Waals surface area contributed by atoms with Crippen LogP contribution in [0.25, 0.3) is 0 Å². The number of ether oxygens (including phenoxy) is 2. The maximum atomic E-state index is 5.94. The lowest BCUT2D eigenvalue weighted by Gasteiger charge is -2.42. The third kappa shape index (κ3) is 2.04. The van der Waals surface area contributed by atoms with Crippen LogP contribution in [0, 0.1) is 0 Å². The molecular formula is C13H18BrNO2. The summed E-state index contributed by atoms with van der Waals surface area (Å²) in [4.78, 5) is 0. The highest BCUT2D eigenvalue weighted by Crippen LogP contribution is 2.48. The van der Waals surface area contributed by atoms with Crippen molar-refractivity contribution in [2.75, 3.05) is 20.8 Å². The summed E-state index contributed by atoms with van der Waals surface area (Å²) in [7, 11) is 3.34. The highest BCUT2D eigenvalue weighted by atomic mass is 79.9. The lowest BCUT2D eigenvalue weighted by Crippen LogP contribution is -2.41. The number of nitrogens with two attached hydrogens (primary N) is 1. The molecule has 1 aliphatic rings. The van der Waals surface area contributed by atoms with Crippen molar-refractivity contribution >= 4 is 15.9 Å². The fraction of sp³-hybridized carbons (Fsp3) is 0.538. The third-order valence-corrected chi connectivity index (χ3v) is 4.37. The SMILES string of the molecule is COc1cc(OC)c(C2(CN)CCC2)cc1Br. The molecule has 0 unspecified atom stereocenters. The monoisotopic (exact) mass is 299 g/mol. The van der Waals surface area contributed by atoms with Crippen LogP contribution < -0.4 is 15.2 Å². The Hall–Kier alpha value is -0.740. The largest absolute Gasteiger partial charge is 0.496 e. The van der Waals surface area contributed by atoms with Crippen LogP contribution >= 0.6 is 15.9 Å². The molecule has 1 fully saturated rings. The number of methoxy groups -OCH3 is 2. The molecule has 1 saturated carbocycles. The first kappa shape index (κ1) is 12.7. The average molecular weight is 300 g/mol. The lowest BCUT2D eigenvalue weighted by atomic mass is 9.64. The molecule has 0 heterocycles. The molecule has 94 valence electrons. The van der Waals surface area contributed by atoms with Gasteiger partial charge in [-0.1, -0.05) is 6.42 Å². The van der Waals surface area contributed by atoms with Crippen LogP contribution in [0.5, 0.6) is 11.5 Å². The van der Waals surface area contributed by atoms with E-state index in [1.165, 1.54) is 12.0 Å². The minimum atomic E-state index is 0.0974. The van der Waals surface area contributed by atoms with Crippen LogP contribution in [0.2, 0.25) is 0 Å². The van der Waals surface area contributed by atoms with Gasteiger partial charge >= 0.3 is 0 Å². The van der Waals surface area contributed by atoms with Crippen molar-refractivity contribution in [2.45, 2.75) is 24.7 Å². The number of benzene rings is 1. The number of hydrogen-bond acceptors (Lipinski definition) is 3. The van der Waals surface area contributed by atoms with Crippen LogP contribution in [-0.4, -0.2) is 20.8 Å². The van der Waals surface area contributed by atoms with Gasteiger partial charge in [0.1, 0.15) is 11.5 Å². The fourth-order valence-corrected chi connectivity index (χ4v) is 2.97. The molecule has 0 amide bonds. The zero-order valence-corrected chi connectivity index (χ0v) is 11.8. The molecule has 0 aliphatic heterocycles. The normalized spacial score (nSPS) is 17.4. The van der Waals surface area contributed by atoms with Crippen molar-refractivity contribution < 1.29 is 9.47 Å². The molecule has 1 aromatic carbocycles. The standard InChI is InChI=1S/C13H18BrNO2/c1-16-11-7-12(17-2)10(14)6-9(11)13(8-15)4-3-5-13/h6-7H,3-5,8,15H2,1-2H3. The molecule has 0 aromatic heterocycles. The topological polar surface area (TPSA) is 44.5 Å². The highest BCUT2D eigenvalue weighted by Gasteiger charge is 2.39. The van der Waals surface area contributed by atoms with Gasteiger partial charge in [0.05, 0.1) is 18.7 Å². The predicted octanol–water partition coefficient (Wildman–Crippen LogP) is 2.85. The van der Waals surface area contributed by atoms with Crippen LogP contribution in [0.4, 0.5) is 0 Å². The first-order valence-electron chi connectivity index (χ1n) is 5.79. The minimum absolute atomic E-state index is 0.0974. The van der Waals surface area contributed by atoms with Crippen LogP contribution in [0.3, 0.4) is 0 Å². The van der Waals surface area contributed by atoms with Crippen molar-refractivity contribution in [3.05, 3.63) is 22.2 Å². The summed E-state index contributed by atoms with van der Waals surface area (Å²) < 4.78 is 11.7. The summed E-state index contributed by atoms with van der Waals surface area (Å²) in [6.07, 6.45) is 3.52. The van der Waals surface area contributed by atoms with Gasteiger partial charge in [0.25, 0.3) is 0 Å². The van der Waals surface area contributed by atoms with Gasteiger partial charge in [-0.2, -0.15) is 0 Å². The molecule has 4 heteroatoms. The Morgan fingerprint density at radius 3 is 2.29 bits per heavy atom. The van der Waals surface area contributed by atoms with Crippen LogP contribution in [-0.2, 0) is 5.41 Å². The van der Waals surface area contributed by atoms with E-state index in [1.807, 2.05) is 6.07 Å². The number of hydrogen-bond donors (Lipinski definition) is 1. The zero-order chi connectivity index (χ0) is 12.5. The van der Waals surface area contributed by atoms with Crippen molar-refractivity contribution in [1.82, 2.24) is 0 Å². The van der Waals surface area contributed by atoms with Gasteiger partial charge in [0, 0.05) is 23.6 Å². The van der Waals surface area contributed by atoms with Crippen LogP contribution in [0.1, 0.15) is 24.8 Å². The Morgan fingerprint density at radius 1 is 1.24 bits per heavy atom. The van der Waals surface area contributed by atoms with E-state index in [9.17, 15) is 0 Å². The van der Waals surface area contributed by atoms with Gasteiger partial charge in [-0.05, 0) is 34.8 Å². The van der Waals surface area contributed by atoms with E-state index in [2.05, 4.69) is 22.0 Å². The minimum Gasteiger partial charge on any atom is -0.496 e. The van der Waals surface area contributed by atoms with Crippen molar-refractivity contribution in [3.8, 4) is 11.5 Å². The molecule has 1 aliphatic carbocycles. The van der Waals surface area contributed by atoms with Gasteiger partial charge in [-0.3, -0.25) is 0 Å². The zero-order valence-electron chi connectivity index (χ0n) is 10.3. The maximum Gasteiger partial charge on any atom is 0.136 e. The fourth-order valence-electron chi connectivity index (χ4n) is 2.46. The van der Waals surface area contributed by atoms with E-state index in [4.69, 9.17) is 15.2 Å². The van der Waals surface area contributed by atoms with Gasteiger partial charge in [-0.25, -0.2) is 0 Å². The first-order valence-corrected chi connectivity index (χ1v) is 6.58. The van der Waals surface area contributed by atoms with Gasteiger partial charge in [-0.15, -0.1) is 0 Å². The summed E-state index contributed by atoms with van der Waals surface area (Å²) in [6, 6.07) is 4.01. The van der Waals surface area contributed by atoms with Crippen molar-refractivity contribution in [1.29, 1.82) is 0 Å². The summed E-state index contributed by atoms with van der Waals surface area (Å²) in [5.41, 5.74) is 7.24.